The maximum Gasteiger partial charge on any atom is 0.284 e. The summed E-state index contributed by atoms with van der Waals surface area (Å²) in [5, 5.41) is 3.37. The number of aromatic nitrogens is 1. The van der Waals surface area contributed by atoms with Crippen LogP contribution in [0.1, 0.15) is 29.2 Å². The molecule has 2 aromatic carbocycles. The molecular formula is C18H18N2O2S. The average Bonchev–Trinajstić information content (AvgIpc) is 2.99. The molecule has 1 amide bonds. The van der Waals surface area contributed by atoms with Gasteiger partial charge in [-0.05, 0) is 49.2 Å². The maximum atomic E-state index is 12.4. The Morgan fingerprint density at radius 3 is 2.87 bits per heavy atom. The summed E-state index contributed by atoms with van der Waals surface area (Å²) < 4.78 is 6.43. The second kappa shape index (κ2) is 6.79. The van der Waals surface area contributed by atoms with Gasteiger partial charge in [0.25, 0.3) is 5.91 Å². The third kappa shape index (κ3) is 3.51. The topological polar surface area (TPSA) is 51.2 Å². The minimum absolute atomic E-state index is 0.183. The monoisotopic (exact) mass is 326 g/mol. The Labute approximate surface area is 139 Å². The number of anilines is 1. The normalized spacial score (nSPS) is 10.7. The zero-order valence-corrected chi connectivity index (χ0v) is 13.9. The molecule has 5 heteroatoms. The predicted molar refractivity (Wildman–Crippen MR) is 94.6 cm³/mol. The molecule has 0 saturated heterocycles. The van der Waals surface area contributed by atoms with Gasteiger partial charge in [0.2, 0.25) is 0 Å². The number of benzene rings is 2. The molecule has 118 valence electrons. The molecule has 0 fully saturated rings. The summed E-state index contributed by atoms with van der Waals surface area (Å²) >= 11 is 1.37. The van der Waals surface area contributed by atoms with E-state index in [0.717, 1.165) is 28.1 Å². The van der Waals surface area contributed by atoms with Crippen molar-refractivity contribution in [3.8, 4) is 5.75 Å². The molecule has 0 bridgehead atoms. The van der Waals surface area contributed by atoms with Gasteiger partial charge in [-0.1, -0.05) is 19.1 Å². The molecule has 0 unspecified atom stereocenters. The molecule has 0 radical (unpaired) electrons. The number of rotatable bonds is 5. The third-order valence-corrected chi connectivity index (χ3v) is 4.48. The summed E-state index contributed by atoms with van der Waals surface area (Å²) in [6, 6.07) is 13.5. The fourth-order valence-corrected chi connectivity index (χ4v) is 3.20. The summed E-state index contributed by atoms with van der Waals surface area (Å²) in [4.78, 5) is 16.8. The van der Waals surface area contributed by atoms with Gasteiger partial charge in [-0.15, -0.1) is 11.3 Å². The van der Waals surface area contributed by atoms with Crippen LogP contribution in [0.15, 0.2) is 42.5 Å². The van der Waals surface area contributed by atoms with Crippen molar-refractivity contribution in [3.05, 3.63) is 53.0 Å². The Bertz CT molecular complexity index is 842. The van der Waals surface area contributed by atoms with Crippen LogP contribution in [-0.2, 0) is 6.42 Å². The Hall–Kier alpha value is -2.40. The number of carbonyl (C=O) groups excluding carboxylic acids is 1. The number of nitrogens with zero attached hydrogens (tertiary/aromatic N) is 1. The van der Waals surface area contributed by atoms with E-state index in [1.807, 2.05) is 49.4 Å². The zero-order chi connectivity index (χ0) is 16.2. The van der Waals surface area contributed by atoms with Crippen molar-refractivity contribution in [1.82, 2.24) is 4.98 Å². The summed E-state index contributed by atoms with van der Waals surface area (Å²) in [6.07, 6.45) is 0.936. The quantitative estimate of drug-likeness (QED) is 0.750. The van der Waals surface area contributed by atoms with Crippen LogP contribution in [0.3, 0.4) is 0 Å². The van der Waals surface area contributed by atoms with Crippen LogP contribution in [0.5, 0.6) is 5.75 Å². The van der Waals surface area contributed by atoms with Gasteiger partial charge in [0.1, 0.15) is 5.75 Å². The van der Waals surface area contributed by atoms with E-state index in [0.29, 0.717) is 11.6 Å². The van der Waals surface area contributed by atoms with Crippen LogP contribution in [0.25, 0.3) is 10.2 Å². The lowest BCUT2D eigenvalue weighted by atomic mass is 10.1. The second-order valence-corrected chi connectivity index (χ2v) is 6.12. The summed E-state index contributed by atoms with van der Waals surface area (Å²) in [5.74, 6) is 0.615. The van der Waals surface area contributed by atoms with E-state index in [1.54, 1.807) is 0 Å². The largest absolute Gasteiger partial charge is 0.494 e. The van der Waals surface area contributed by atoms with Gasteiger partial charge in [0.15, 0.2) is 5.01 Å². The highest BCUT2D eigenvalue weighted by Gasteiger charge is 2.13. The van der Waals surface area contributed by atoms with Gasteiger partial charge in [-0.3, -0.25) is 4.79 Å². The molecule has 1 N–H and O–H groups in total. The lowest BCUT2D eigenvalue weighted by Crippen LogP contribution is -2.11. The molecule has 0 aliphatic carbocycles. The third-order valence-electron chi connectivity index (χ3n) is 3.46. The van der Waals surface area contributed by atoms with E-state index < -0.39 is 0 Å². The highest BCUT2D eigenvalue weighted by molar-refractivity contribution is 7.20. The smallest absolute Gasteiger partial charge is 0.284 e. The molecule has 0 aliphatic heterocycles. The van der Waals surface area contributed by atoms with Crippen LogP contribution in [0.2, 0.25) is 0 Å². The zero-order valence-electron chi connectivity index (χ0n) is 13.1. The van der Waals surface area contributed by atoms with Crippen molar-refractivity contribution in [2.24, 2.45) is 0 Å². The maximum absolute atomic E-state index is 12.4. The lowest BCUT2D eigenvalue weighted by molar-refractivity contribution is 0.102. The van der Waals surface area contributed by atoms with Crippen molar-refractivity contribution >= 4 is 33.1 Å². The number of nitrogens with one attached hydrogen (secondary N) is 1. The minimum Gasteiger partial charge on any atom is -0.494 e. The SMILES string of the molecule is CCOc1ccc2nc(C(=O)Nc3cccc(CC)c3)sc2c1. The van der Waals surface area contributed by atoms with E-state index >= 15 is 0 Å². The van der Waals surface area contributed by atoms with Crippen LogP contribution < -0.4 is 10.1 Å². The van der Waals surface area contributed by atoms with Gasteiger partial charge >= 0.3 is 0 Å². The van der Waals surface area contributed by atoms with Gasteiger partial charge in [-0.2, -0.15) is 0 Å². The van der Waals surface area contributed by atoms with Crippen LogP contribution in [0.4, 0.5) is 5.69 Å². The number of carbonyl (C=O) groups is 1. The van der Waals surface area contributed by atoms with Crippen molar-refractivity contribution in [2.75, 3.05) is 11.9 Å². The highest BCUT2D eigenvalue weighted by Crippen LogP contribution is 2.27. The summed E-state index contributed by atoms with van der Waals surface area (Å²) in [6.45, 7) is 4.65. The molecule has 3 aromatic rings. The fraction of sp³-hybridized carbons (Fsp3) is 0.222. The van der Waals surface area contributed by atoms with Crippen molar-refractivity contribution in [2.45, 2.75) is 20.3 Å². The molecule has 3 rings (SSSR count). The number of thiazole rings is 1. The first-order chi connectivity index (χ1) is 11.2. The first-order valence-electron chi connectivity index (χ1n) is 7.63. The Morgan fingerprint density at radius 1 is 1.22 bits per heavy atom. The number of hydrogen-bond acceptors (Lipinski definition) is 4. The number of ether oxygens (including phenoxy) is 1. The summed E-state index contributed by atoms with van der Waals surface area (Å²) in [7, 11) is 0. The molecule has 1 heterocycles. The molecular weight excluding hydrogens is 308 g/mol. The van der Waals surface area contributed by atoms with E-state index in [-0.39, 0.29) is 5.91 Å². The van der Waals surface area contributed by atoms with E-state index in [4.69, 9.17) is 4.74 Å². The highest BCUT2D eigenvalue weighted by atomic mass is 32.1. The Morgan fingerprint density at radius 2 is 2.09 bits per heavy atom. The first-order valence-corrected chi connectivity index (χ1v) is 8.45. The van der Waals surface area contributed by atoms with Crippen molar-refractivity contribution in [3.63, 3.8) is 0 Å². The van der Waals surface area contributed by atoms with Crippen LogP contribution in [0, 0.1) is 0 Å². The van der Waals surface area contributed by atoms with Gasteiger partial charge in [0.05, 0.1) is 16.8 Å². The molecule has 0 aliphatic rings. The van der Waals surface area contributed by atoms with E-state index in [1.165, 1.54) is 16.9 Å². The average molecular weight is 326 g/mol. The lowest BCUT2D eigenvalue weighted by Gasteiger charge is -2.04. The van der Waals surface area contributed by atoms with Crippen LogP contribution in [-0.4, -0.2) is 17.5 Å². The number of aryl methyl sites for hydroxylation is 1. The summed E-state index contributed by atoms with van der Waals surface area (Å²) in [5.41, 5.74) is 2.79. The van der Waals surface area contributed by atoms with Gasteiger partial charge in [-0.25, -0.2) is 4.98 Å². The van der Waals surface area contributed by atoms with Crippen molar-refractivity contribution < 1.29 is 9.53 Å². The minimum atomic E-state index is -0.183. The molecule has 1 aromatic heterocycles. The van der Waals surface area contributed by atoms with Gasteiger partial charge in [0, 0.05) is 5.69 Å². The molecule has 23 heavy (non-hydrogen) atoms. The molecule has 0 atom stereocenters. The molecule has 0 spiro atoms. The fourth-order valence-electron chi connectivity index (χ4n) is 2.31. The first kappa shape index (κ1) is 15.5. The van der Waals surface area contributed by atoms with E-state index in [9.17, 15) is 4.79 Å². The van der Waals surface area contributed by atoms with Crippen molar-refractivity contribution in [1.29, 1.82) is 0 Å². The second-order valence-electron chi connectivity index (χ2n) is 5.09. The number of hydrogen-bond donors (Lipinski definition) is 1. The van der Waals surface area contributed by atoms with Gasteiger partial charge < -0.3 is 10.1 Å². The number of fused-ring (bicyclic) bond motifs is 1. The predicted octanol–water partition coefficient (Wildman–Crippen LogP) is 4.51. The number of amides is 1. The standard InChI is InChI=1S/C18H18N2O2S/c1-3-12-6-5-7-13(10-12)19-17(21)18-20-15-9-8-14(22-4-2)11-16(15)23-18/h5-11H,3-4H2,1-2H3,(H,19,21). The Balaban J connectivity index is 1.82. The molecule has 4 nitrogen and oxygen atoms in total. The van der Waals surface area contributed by atoms with E-state index in [2.05, 4.69) is 17.2 Å². The van der Waals surface area contributed by atoms with Crippen LogP contribution >= 0.6 is 11.3 Å². The molecule has 0 saturated carbocycles. The Kier molecular flexibility index (Phi) is 4.57.